The van der Waals surface area contributed by atoms with Crippen LogP contribution in [0.3, 0.4) is 0 Å². The largest absolute Gasteiger partial charge is 0.507 e. The van der Waals surface area contributed by atoms with Crippen LogP contribution in [0.2, 0.25) is 0 Å². The summed E-state index contributed by atoms with van der Waals surface area (Å²) in [7, 11) is 1.56. The highest BCUT2D eigenvalue weighted by Crippen LogP contribution is 2.35. The second-order valence-corrected chi connectivity index (χ2v) is 8.89. The lowest BCUT2D eigenvalue weighted by Gasteiger charge is -2.14. The van der Waals surface area contributed by atoms with Gasteiger partial charge in [-0.25, -0.2) is 9.97 Å². The van der Waals surface area contributed by atoms with Crippen LogP contribution in [0.15, 0.2) is 54.7 Å². The molecule has 1 atom stereocenters. The van der Waals surface area contributed by atoms with Gasteiger partial charge >= 0.3 is 0 Å². The molecule has 10 heteroatoms. The van der Waals surface area contributed by atoms with Crippen LogP contribution in [0.5, 0.6) is 11.6 Å². The summed E-state index contributed by atoms with van der Waals surface area (Å²) >= 11 is 0. The number of pyridine rings is 1. The molecule has 4 aromatic rings. The van der Waals surface area contributed by atoms with Crippen LogP contribution in [0.25, 0.3) is 33.5 Å². The lowest BCUT2D eigenvalue weighted by Crippen LogP contribution is -2.31. The van der Waals surface area contributed by atoms with Crippen molar-refractivity contribution in [3.05, 3.63) is 60.3 Å². The zero-order valence-electron chi connectivity index (χ0n) is 20.2. The number of aromatic nitrogens is 3. The molecule has 3 heterocycles. The average molecular weight is 499 g/mol. The van der Waals surface area contributed by atoms with E-state index in [1.165, 1.54) is 6.21 Å². The first-order valence-corrected chi connectivity index (χ1v) is 11.8. The number of hydrogen-bond acceptors (Lipinski definition) is 7. The van der Waals surface area contributed by atoms with Gasteiger partial charge in [0.15, 0.2) is 0 Å². The monoisotopic (exact) mass is 498 g/mol. The van der Waals surface area contributed by atoms with E-state index in [0.29, 0.717) is 59.9 Å². The summed E-state index contributed by atoms with van der Waals surface area (Å²) in [6.45, 7) is 1.21. The number of imidazole rings is 1. The van der Waals surface area contributed by atoms with Gasteiger partial charge < -0.3 is 30.5 Å². The molecule has 1 aliphatic rings. The van der Waals surface area contributed by atoms with E-state index in [1.54, 1.807) is 48.5 Å². The number of fused-ring (bicyclic) bond motifs is 1. The highest BCUT2D eigenvalue weighted by molar-refractivity contribution is 5.98. The lowest BCUT2D eigenvalue weighted by molar-refractivity contribution is -0.127. The van der Waals surface area contributed by atoms with Gasteiger partial charge in [0, 0.05) is 49.0 Å². The van der Waals surface area contributed by atoms with Crippen LogP contribution < -0.4 is 10.1 Å². The molecular weight excluding hydrogens is 472 g/mol. The molecule has 1 aliphatic heterocycles. The third kappa shape index (κ3) is 4.86. The minimum atomic E-state index is -0.246. The van der Waals surface area contributed by atoms with Gasteiger partial charge in [0.2, 0.25) is 11.8 Å². The molecule has 0 saturated carbocycles. The Morgan fingerprint density at radius 1 is 1.27 bits per heavy atom. The first-order valence-electron chi connectivity index (χ1n) is 11.8. The first kappa shape index (κ1) is 24.0. The van der Waals surface area contributed by atoms with Crippen LogP contribution >= 0.6 is 0 Å². The zero-order chi connectivity index (χ0) is 25.9. The second kappa shape index (κ2) is 10.1. The number of methoxy groups -OCH3 is 1. The van der Waals surface area contributed by atoms with Gasteiger partial charge in [-0.1, -0.05) is 6.07 Å². The fourth-order valence-electron chi connectivity index (χ4n) is 4.56. The number of rotatable bonds is 8. The SMILES string of the molecule is COc1ncccc1-c1ccc(O)c(-c2nc3ccc(C(=O)NCC4CC(=O)N(CC=N)C4)cc3[nH]2)c1. The van der Waals surface area contributed by atoms with E-state index in [0.717, 1.165) is 11.1 Å². The molecular formula is C27H26N6O4. The molecule has 1 fully saturated rings. The molecule has 0 bridgehead atoms. The molecule has 2 amide bonds. The number of hydrogen-bond donors (Lipinski definition) is 4. The number of amides is 2. The van der Waals surface area contributed by atoms with Gasteiger partial charge in [-0.3, -0.25) is 9.59 Å². The van der Waals surface area contributed by atoms with E-state index >= 15 is 0 Å². The molecule has 2 aromatic carbocycles. The summed E-state index contributed by atoms with van der Waals surface area (Å²) in [4.78, 5) is 38.5. The highest BCUT2D eigenvalue weighted by Gasteiger charge is 2.29. The normalized spacial score (nSPS) is 15.2. The van der Waals surface area contributed by atoms with Gasteiger partial charge in [0.25, 0.3) is 5.91 Å². The molecule has 1 unspecified atom stereocenters. The van der Waals surface area contributed by atoms with Crippen molar-refractivity contribution in [2.75, 3.05) is 26.7 Å². The maximum absolute atomic E-state index is 12.8. The van der Waals surface area contributed by atoms with Gasteiger partial charge in [0.1, 0.15) is 11.6 Å². The third-order valence-corrected chi connectivity index (χ3v) is 6.43. The number of ether oxygens (including phenoxy) is 1. The Labute approximate surface area is 212 Å². The van der Waals surface area contributed by atoms with E-state index in [1.807, 2.05) is 18.2 Å². The predicted octanol–water partition coefficient (Wildman–Crippen LogP) is 3.23. The number of aromatic amines is 1. The van der Waals surface area contributed by atoms with Gasteiger partial charge in [-0.05, 0) is 48.0 Å². The Balaban J connectivity index is 1.35. The molecule has 4 N–H and O–H groups in total. The zero-order valence-corrected chi connectivity index (χ0v) is 20.2. The molecule has 0 radical (unpaired) electrons. The van der Waals surface area contributed by atoms with Crippen molar-refractivity contribution in [2.24, 2.45) is 5.92 Å². The van der Waals surface area contributed by atoms with Crippen molar-refractivity contribution in [2.45, 2.75) is 6.42 Å². The molecule has 2 aromatic heterocycles. The Bertz CT molecular complexity index is 1500. The van der Waals surface area contributed by atoms with Gasteiger partial charge in [0.05, 0.1) is 30.3 Å². The van der Waals surface area contributed by atoms with Crippen molar-refractivity contribution in [3.8, 4) is 34.1 Å². The molecule has 5 rings (SSSR count). The molecule has 1 saturated heterocycles. The molecule has 0 aliphatic carbocycles. The van der Waals surface area contributed by atoms with Crippen LogP contribution in [0, 0.1) is 11.3 Å². The minimum Gasteiger partial charge on any atom is -0.507 e. The lowest BCUT2D eigenvalue weighted by atomic mass is 10.0. The minimum absolute atomic E-state index is 0.00320. The summed E-state index contributed by atoms with van der Waals surface area (Å²) in [5.41, 5.74) is 3.86. The van der Waals surface area contributed by atoms with Gasteiger partial charge in [-0.2, -0.15) is 0 Å². The summed E-state index contributed by atoms with van der Waals surface area (Å²) < 4.78 is 5.37. The predicted molar refractivity (Wildman–Crippen MR) is 139 cm³/mol. The van der Waals surface area contributed by atoms with Crippen molar-refractivity contribution >= 4 is 29.1 Å². The number of phenols is 1. The van der Waals surface area contributed by atoms with Crippen LogP contribution in [-0.2, 0) is 4.79 Å². The van der Waals surface area contributed by atoms with Gasteiger partial charge in [-0.15, -0.1) is 0 Å². The summed E-state index contributed by atoms with van der Waals surface area (Å²) in [5.74, 6) is 0.779. The topological polar surface area (TPSA) is 144 Å². The summed E-state index contributed by atoms with van der Waals surface area (Å²) in [6, 6.07) is 14.1. The van der Waals surface area contributed by atoms with E-state index < -0.39 is 0 Å². The number of H-pyrrole nitrogens is 1. The Hall–Kier alpha value is -4.73. The number of carbonyl (C=O) groups excluding carboxylic acids is 2. The molecule has 37 heavy (non-hydrogen) atoms. The van der Waals surface area contributed by atoms with Crippen molar-refractivity contribution < 1.29 is 19.4 Å². The fraction of sp³-hybridized carbons (Fsp3) is 0.222. The van der Waals surface area contributed by atoms with Crippen molar-refractivity contribution in [1.29, 1.82) is 5.41 Å². The van der Waals surface area contributed by atoms with E-state index in [4.69, 9.17) is 10.1 Å². The maximum Gasteiger partial charge on any atom is 0.251 e. The number of phenolic OH excluding ortho intramolecular Hbond substituents is 1. The number of nitrogens with one attached hydrogen (secondary N) is 3. The fourth-order valence-corrected chi connectivity index (χ4v) is 4.56. The molecule has 188 valence electrons. The Morgan fingerprint density at radius 3 is 2.95 bits per heavy atom. The number of nitrogens with zero attached hydrogens (tertiary/aromatic N) is 3. The Morgan fingerprint density at radius 2 is 2.14 bits per heavy atom. The van der Waals surface area contributed by atoms with E-state index in [-0.39, 0.29) is 23.5 Å². The smallest absolute Gasteiger partial charge is 0.251 e. The number of likely N-dealkylation sites (tertiary alicyclic amines) is 1. The van der Waals surface area contributed by atoms with Crippen molar-refractivity contribution in [3.63, 3.8) is 0 Å². The first-order chi connectivity index (χ1) is 18.0. The Kier molecular flexibility index (Phi) is 6.55. The molecule has 10 nitrogen and oxygen atoms in total. The second-order valence-electron chi connectivity index (χ2n) is 8.89. The van der Waals surface area contributed by atoms with Crippen molar-refractivity contribution in [1.82, 2.24) is 25.2 Å². The van der Waals surface area contributed by atoms with Crippen LogP contribution in [0.4, 0.5) is 0 Å². The van der Waals surface area contributed by atoms with Crippen LogP contribution in [0.1, 0.15) is 16.8 Å². The standard InChI is InChI=1S/C27H26N6O4/c1-37-27-19(3-2-9-29-27)17-5-7-23(34)20(12-17)25-31-21-6-4-18(13-22(21)32-25)26(36)30-14-16-11-24(35)33(15-16)10-8-28/h2-9,12-13,16,28,34H,10-11,14-15H2,1H3,(H,30,36)(H,31,32). The maximum atomic E-state index is 12.8. The number of benzene rings is 2. The van der Waals surface area contributed by atoms with E-state index in [2.05, 4.69) is 20.3 Å². The summed E-state index contributed by atoms with van der Waals surface area (Å²) in [5, 5.41) is 20.7. The quantitative estimate of drug-likeness (QED) is 0.275. The van der Waals surface area contributed by atoms with E-state index in [9.17, 15) is 14.7 Å². The summed E-state index contributed by atoms with van der Waals surface area (Å²) in [6.07, 6.45) is 3.22. The number of aromatic hydroxyl groups is 1. The van der Waals surface area contributed by atoms with Crippen LogP contribution in [-0.4, -0.2) is 69.7 Å². The molecule has 0 spiro atoms. The number of carbonyl (C=O) groups is 2. The third-order valence-electron chi connectivity index (χ3n) is 6.43. The highest BCUT2D eigenvalue weighted by atomic mass is 16.5. The average Bonchev–Trinajstić information content (AvgIpc) is 3.50.